The van der Waals surface area contributed by atoms with E-state index in [1.807, 2.05) is 0 Å². The van der Waals surface area contributed by atoms with E-state index in [0.29, 0.717) is 17.0 Å². The Kier molecular flexibility index (Phi) is 4.84. The number of hydrogen-bond donors (Lipinski definition) is 4. The van der Waals surface area contributed by atoms with Crippen molar-refractivity contribution in [1.29, 1.82) is 0 Å². The van der Waals surface area contributed by atoms with E-state index in [1.165, 1.54) is 6.07 Å². The van der Waals surface area contributed by atoms with Crippen LogP contribution in [0.15, 0.2) is 59.4 Å². The molecule has 0 atom stereocenters. The molecule has 0 bridgehead atoms. The number of carbonyl (C=O) groups is 2. The third kappa shape index (κ3) is 4.10. The van der Waals surface area contributed by atoms with Crippen LogP contribution in [0, 0.1) is 0 Å². The van der Waals surface area contributed by atoms with Gasteiger partial charge in [0.15, 0.2) is 5.69 Å². The largest absolute Gasteiger partial charge is 0.501 e. The second kappa shape index (κ2) is 7.40. The number of hydrogen-bond acceptors (Lipinski definition) is 6. The second-order valence-corrected chi connectivity index (χ2v) is 5.33. The smallest absolute Gasteiger partial charge is 0.417 e. The number of aromatic carboxylic acids is 1. The van der Waals surface area contributed by atoms with Crippen LogP contribution in [0.3, 0.4) is 0 Å². The fourth-order valence-electron chi connectivity index (χ4n) is 2.24. The van der Waals surface area contributed by atoms with Crippen LogP contribution < -0.4 is 15.6 Å². The lowest BCUT2D eigenvalue weighted by Crippen LogP contribution is -2.17. The summed E-state index contributed by atoms with van der Waals surface area (Å²) in [6, 6.07) is 14.6. The number of benzene rings is 2. The van der Waals surface area contributed by atoms with Crippen molar-refractivity contribution < 1.29 is 24.5 Å². The topological polar surface area (TPSA) is 142 Å². The summed E-state index contributed by atoms with van der Waals surface area (Å²) in [5.74, 6) is -2.23. The van der Waals surface area contributed by atoms with Crippen molar-refractivity contribution >= 4 is 17.7 Å². The number of nitrogens with one attached hydrogen (secondary N) is 2. The molecular weight excluding hydrogens is 354 g/mol. The highest BCUT2D eigenvalue weighted by atomic mass is 16.6. The van der Waals surface area contributed by atoms with Gasteiger partial charge in [0.25, 0.3) is 5.56 Å². The van der Waals surface area contributed by atoms with Crippen LogP contribution in [0.25, 0.3) is 11.4 Å². The Morgan fingerprint density at radius 2 is 1.81 bits per heavy atom. The van der Waals surface area contributed by atoms with Gasteiger partial charge < -0.3 is 19.9 Å². The van der Waals surface area contributed by atoms with Gasteiger partial charge in [-0.1, -0.05) is 30.3 Å². The Morgan fingerprint density at radius 3 is 2.52 bits per heavy atom. The molecule has 4 N–H and O–H groups in total. The van der Waals surface area contributed by atoms with Crippen molar-refractivity contribution in [3.8, 4) is 22.9 Å². The third-order valence-corrected chi connectivity index (χ3v) is 3.43. The lowest BCUT2D eigenvalue weighted by atomic mass is 10.2. The SMILES string of the molecule is O=C(Nc1cccc(-c2nc(C(=O)O)c(O)c(=O)[nH]2)c1)Oc1ccccc1. The molecule has 0 fully saturated rings. The monoisotopic (exact) mass is 367 g/mol. The standard InChI is InChI=1S/C18H13N3O6/c22-14-13(17(24)25)20-15(21-16(14)23)10-5-4-6-11(9-10)19-18(26)27-12-7-2-1-3-8-12/h1-9,22H,(H,19,26)(H,24,25)(H,20,21,23). The molecule has 3 rings (SSSR count). The highest BCUT2D eigenvalue weighted by Crippen LogP contribution is 2.21. The first-order valence-electron chi connectivity index (χ1n) is 7.65. The molecule has 3 aromatic rings. The molecule has 9 nitrogen and oxygen atoms in total. The van der Waals surface area contributed by atoms with Gasteiger partial charge in [-0.3, -0.25) is 10.1 Å². The Morgan fingerprint density at radius 1 is 1.07 bits per heavy atom. The zero-order valence-corrected chi connectivity index (χ0v) is 13.7. The Balaban J connectivity index is 1.85. The summed E-state index contributed by atoms with van der Waals surface area (Å²) in [5, 5.41) is 21.0. The van der Waals surface area contributed by atoms with Crippen LogP contribution in [0.2, 0.25) is 0 Å². The summed E-state index contributed by atoms with van der Waals surface area (Å²) in [5.41, 5.74) is -1.09. The maximum Gasteiger partial charge on any atom is 0.417 e. The normalized spacial score (nSPS) is 10.2. The Hall–Kier alpha value is -4.14. The predicted molar refractivity (Wildman–Crippen MR) is 95.0 cm³/mol. The van der Waals surface area contributed by atoms with E-state index in [9.17, 15) is 19.5 Å². The summed E-state index contributed by atoms with van der Waals surface area (Å²) < 4.78 is 5.12. The first kappa shape index (κ1) is 17.7. The minimum Gasteiger partial charge on any atom is -0.501 e. The number of carboxylic acids is 1. The van der Waals surface area contributed by atoms with Crippen molar-refractivity contribution in [2.24, 2.45) is 0 Å². The van der Waals surface area contributed by atoms with Gasteiger partial charge in [0.05, 0.1) is 0 Å². The van der Waals surface area contributed by atoms with Crippen molar-refractivity contribution in [2.75, 3.05) is 5.32 Å². The number of anilines is 1. The predicted octanol–water partition coefficient (Wildman–Crippen LogP) is 2.45. The molecule has 1 aromatic heterocycles. The van der Waals surface area contributed by atoms with Crippen LogP contribution in [0.5, 0.6) is 11.5 Å². The lowest BCUT2D eigenvalue weighted by Gasteiger charge is -2.08. The van der Waals surface area contributed by atoms with E-state index in [2.05, 4.69) is 15.3 Å². The first-order valence-corrected chi connectivity index (χ1v) is 7.65. The van der Waals surface area contributed by atoms with E-state index in [1.54, 1.807) is 48.5 Å². The molecule has 1 amide bonds. The van der Waals surface area contributed by atoms with Gasteiger partial charge in [-0.05, 0) is 24.3 Å². The number of aromatic hydroxyl groups is 1. The maximum absolute atomic E-state index is 12.0. The van der Waals surface area contributed by atoms with E-state index < -0.39 is 29.1 Å². The van der Waals surface area contributed by atoms with Gasteiger partial charge in [-0.15, -0.1) is 0 Å². The number of carboxylic acid groups (broad SMARTS) is 1. The summed E-state index contributed by atoms with van der Waals surface area (Å²) >= 11 is 0. The van der Waals surface area contributed by atoms with Crippen LogP contribution in [-0.4, -0.2) is 32.2 Å². The van der Waals surface area contributed by atoms with E-state index in [4.69, 9.17) is 9.84 Å². The molecular formula is C18H13N3O6. The first-order chi connectivity index (χ1) is 12.9. The van der Waals surface area contributed by atoms with E-state index in [-0.39, 0.29) is 5.82 Å². The Labute approximate surface area is 151 Å². The number of amides is 1. The average Bonchev–Trinajstić information content (AvgIpc) is 2.64. The highest BCUT2D eigenvalue weighted by Gasteiger charge is 2.17. The molecule has 0 saturated heterocycles. The number of rotatable bonds is 4. The zero-order valence-electron chi connectivity index (χ0n) is 13.7. The molecule has 0 spiro atoms. The molecule has 0 aliphatic rings. The van der Waals surface area contributed by atoms with Crippen LogP contribution in [0.1, 0.15) is 10.5 Å². The summed E-state index contributed by atoms with van der Waals surface area (Å²) in [4.78, 5) is 40.8. The third-order valence-electron chi connectivity index (χ3n) is 3.43. The molecule has 27 heavy (non-hydrogen) atoms. The molecule has 1 heterocycles. The van der Waals surface area contributed by atoms with Crippen molar-refractivity contribution in [3.05, 3.63) is 70.6 Å². The fraction of sp³-hybridized carbons (Fsp3) is 0. The molecule has 0 aliphatic carbocycles. The maximum atomic E-state index is 12.0. The molecule has 0 aliphatic heterocycles. The van der Waals surface area contributed by atoms with Crippen LogP contribution in [0.4, 0.5) is 10.5 Å². The van der Waals surface area contributed by atoms with Gasteiger partial charge in [0, 0.05) is 11.3 Å². The van der Waals surface area contributed by atoms with E-state index >= 15 is 0 Å². The van der Waals surface area contributed by atoms with Crippen molar-refractivity contribution in [1.82, 2.24) is 9.97 Å². The molecule has 2 aromatic carbocycles. The fourth-order valence-corrected chi connectivity index (χ4v) is 2.24. The molecule has 0 saturated carbocycles. The number of aromatic amines is 1. The van der Waals surface area contributed by atoms with Gasteiger partial charge in [-0.25, -0.2) is 14.6 Å². The summed E-state index contributed by atoms with van der Waals surface area (Å²) in [7, 11) is 0. The molecule has 136 valence electrons. The lowest BCUT2D eigenvalue weighted by molar-refractivity contribution is 0.0686. The number of ether oxygens (including phenoxy) is 1. The van der Waals surface area contributed by atoms with E-state index in [0.717, 1.165) is 0 Å². The quantitative estimate of drug-likeness (QED) is 0.555. The van der Waals surface area contributed by atoms with Crippen molar-refractivity contribution in [3.63, 3.8) is 0 Å². The molecule has 0 unspecified atom stereocenters. The van der Waals surface area contributed by atoms with Gasteiger partial charge in [-0.2, -0.15) is 0 Å². The second-order valence-electron chi connectivity index (χ2n) is 5.33. The number of carbonyl (C=O) groups excluding carboxylic acids is 1. The minimum atomic E-state index is -1.54. The molecule has 0 radical (unpaired) electrons. The van der Waals surface area contributed by atoms with Gasteiger partial charge in [0.1, 0.15) is 11.6 Å². The van der Waals surface area contributed by atoms with Crippen LogP contribution in [-0.2, 0) is 0 Å². The summed E-state index contributed by atoms with van der Waals surface area (Å²) in [6.45, 7) is 0. The Bertz CT molecular complexity index is 1060. The minimum absolute atomic E-state index is 0.0738. The number of nitrogens with zero attached hydrogens (tertiary/aromatic N) is 1. The average molecular weight is 367 g/mol. The van der Waals surface area contributed by atoms with Gasteiger partial charge in [0.2, 0.25) is 5.75 Å². The van der Waals surface area contributed by atoms with Gasteiger partial charge >= 0.3 is 12.1 Å². The summed E-state index contributed by atoms with van der Waals surface area (Å²) in [6.07, 6.45) is -0.725. The number of aromatic nitrogens is 2. The van der Waals surface area contributed by atoms with Crippen molar-refractivity contribution in [2.45, 2.75) is 0 Å². The number of H-pyrrole nitrogens is 1. The van der Waals surface area contributed by atoms with Crippen LogP contribution >= 0.6 is 0 Å². The number of para-hydroxylation sites is 1. The highest BCUT2D eigenvalue weighted by molar-refractivity contribution is 5.89. The molecule has 9 heteroatoms. The zero-order chi connectivity index (χ0) is 19.4.